The molecule has 1 heterocycles. The molecular weight excluding hydrogens is 438 g/mol. The first-order valence-electron chi connectivity index (χ1n) is 10.2. The van der Waals surface area contributed by atoms with E-state index < -0.39 is 26.6 Å². The third-order valence-electron chi connectivity index (χ3n) is 5.42. The molecule has 4 rings (SSSR count). The SMILES string of the molecule is CCOc1cc2ccccc2cc1C(=O)N1CCN(S(=O)(=O)c2c(F)cccc2F)CC1. The highest BCUT2D eigenvalue weighted by Crippen LogP contribution is 2.29. The van der Waals surface area contributed by atoms with Crippen LogP contribution in [0.4, 0.5) is 8.78 Å². The number of amides is 1. The van der Waals surface area contributed by atoms with E-state index in [1.807, 2.05) is 37.3 Å². The summed E-state index contributed by atoms with van der Waals surface area (Å²) in [7, 11) is -4.36. The standard InChI is InChI=1S/C23H22F2N2O4S/c1-2-31-21-15-17-7-4-3-6-16(17)14-18(21)23(28)26-10-12-27(13-11-26)32(29,30)22-19(24)8-5-9-20(22)25/h3-9,14-15H,2,10-13H2,1H3. The first-order chi connectivity index (χ1) is 15.3. The Morgan fingerprint density at radius 3 is 2.12 bits per heavy atom. The molecule has 0 unspecified atom stereocenters. The van der Waals surface area contributed by atoms with Crippen molar-refractivity contribution in [3.05, 3.63) is 71.8 Å². The molecule has 0 aromatic heterocycles. The molecule has 1 fully saturated rings. The van der Waals surface area contributed by atoms with Gasteiger partial charge in [0.15, 0.2) is 4.90 Å². The summed E-state index contributed by atoms with van der Waals surface area (Å²) < 4.78 is 60.3. The van der Waals surface area contributed by atoms with Gasteiger partial charge in [0.1, 0.15) is 17.4 Å². The molecule has 6 nitrogen and oxygen atoms in total. The Kier molecular flexibility index (Phi) is 6.12. The summed E-state index contributed by atoms with van der Waals surface area (Å²) in [6.45, 7) is 2.26. The van der Waals surface area contributed by atoms with E-state index in [-0.39, 0.29) is 32.1 Å². The normalized spacial score (nSPS) is 15.2. The molecule has 3 aromatic rings. The zero-order chi connectivity index (χ0) is 22.9. The highest BCUT2D eigenvalue weighted by Gasteiger charge is 2.34. The predicted octanol–water partition coefficient (Wildman–Crippen LogP) is 3.66. The van der Waals surface area contributed by atoms with Crippen LogP contribution in [0.5, 0.6) is 5.75 Å². The Balaban J connectivity index is 1.56. The van der Waals surface area contributed by atoms with Crippen molar-refractivity contribution in [2.75, 3.05) is 32.8 Å². The highest BCUT2D eigenvalue weighted by atomic mass is 32.2. The summed E-state index contributed by atoms with van der Waals surface area (Å²) in [5, 5.41) is 1.82. The van der Waals surface area contributed by atoms with Crippen molar-refractivity contribution in [2.45, 2.75) is 11.8 Å². The monoisotopic (exact) mass is 460 g/mol. The molecule has 168 valence electrons. The number of rotatable bonds is 5. The molecule has 1 aliphatic rings. The Bertz CT molecular complexity index is 1250. The van der Waals surface area contributed by atoms with Crippen molar-refractivity contribution in [1.29, 1.82) is 0 Å². The zero-order valence-corrected chi connectivity index (χ0v) is 18.2. The number of hydrogen-bond donors (Lipinski definition) is 0. The average molecular weight is 461 g/mol. The fourth-order valence-electron chi connectivity index (χ4n) is 3.82. The Hall–Kier alpha value is -3.04. The van der Waals surface area contributed by atoms with Crippen molar-refractivity contribution < 1.29 is 26.7 Å². The van der Waals surface area contributed by atoms with Gasteiger partial charge >= 0.3 is 0 Å². The van der Waals surface area contributed by atoms with Gasteiger partial charge in [0.2, 0.25) is 10.0 Å². The number of sulfonamides is 1. The van der Waals surface area contributed by atoms with Crippen LogP contribution in [-0.4, -0.2) is 56.3 Å². The number of halogens is 2. The first-order valence-corrected chi connectivity index (χ1v) is 11.7. The van der Waals surface area contributed by atoms with Crippen LogP contribution in [-0.2, 0) is 10.0 Å². The average Bonchev–Trinajstić information content (AvgIpc) is 2.78. The van der Waals surface area contributed by atoms with Crippen molar-refractivity contribution in [2.24, 2.45) is 0 Å². The molecule has 0 N–H and O–H groups in total. The fraction of sp³-hybridized carbons (Fsp3) is 0.261. The highest BCUT2D eigenvalue weighted by molar-refractivity contribution is 7.89. The summed E-state index contributed by atoms with van der Waals surface area (Å²) in [6, 6.07) is 14.1. The van der Waals surface area contributed by atoms with Gasteiger partial charge in [-0.2, -0.15) is 4.31 Å². The molecule has 0 radical (unpaired) electrons. The lowest BCUT2D eigenvalue weighted by Crippen LogP contribution is -2.50. The number of ether oxygens (including phenoxy) is 1. The Morgan fingerprint density at radius 2 is 1.53 bits per heavy atom. The second-order valence-electron chi connectivity index (χ2n) is 7.38. The maximum atomic E-state index is 14.0. The van der Waals surface area contributed by atoms with E-state index in [9.17, 15) is 22.0 Å². The van der Waals surface area contributed by atoms with Crippen LogP contribution in [0.15, 0.2) is 59.5 Å². The number of carbonyl (C=O) groups excluding carboxylic acids is 1. The summed E-state index contributed by atoms with van der Waals surface area (Å²) in [5.41, 5.74) is 0.391. The molecule has 32 heavy (non-hydrogen) atoms. The topological polar surface area (TPSA) is 66.9 Å². The smallest absolute Gasteiger partial charge is 0.257 e. The number of nitrogens with zero attached hydrogens (tertiary/aromatic N) is 2. The molecule has 0 bridgehead atoms. The van der Waals surface area contributed by atoms with Crippen molar-refractivity contribution in [3.63, 3.8) is 0 Å². The maximum absolute atomic E-state index is 14.0. The molecule has 9 heteroatoms. The van der Waals surface area contributed by atoms with Crippen molar-refractivity contribution >= 4 is 26.7 Å². The summed E-state index contributed by atoms with van der Waals surface area (Å²) in [4.78, 5) is 13.8. The second-order valence-corrected chi connectivity index (χ2v) is 9.25. The van der Waals surface area contributed by atoms with Crippen LogP contribution >= 0.6 is 0 Å². The van der Waals surface area contributed by atoms with Crippen molar-refractivity contribution in [3.8, 4) is 5.75 Å². The van der Waals surface area contributed by atoms with E-state index in [0.29, 0.717) is 17.9 Å². The van der Waals surface area contributed by atoms with Crippen molar-refractivity contribution in [1.82, 2.24) is 9.21 Å². The minimum absolute atomic E-state index is 0.0700. The summed E-state index contributed by atoms with van der Waals surface area (Å²) in [6.07, 6.45) is 0. The lowest BCUT2D eigenvalue weighted by atomic mass is 10.0. The summed E-state index contributed by atoms with van der Waals surface area (Å²) >= 11 is 0. The van der Waals surface area contributed by atoms with E-state index in [1.165, 1.54) is 4.90 Å². The second kappa shape index (κ2) is 8.84. The van der Waals surface area contributed by atoms with Gasteiger partial charge in [0, 0.05) is 26.2 Å². The third-order valence-corrected chi connectivity index (χ3v) is 7.37. The molecule has 1 aliphatic heterocycles. The van der Waals surface area contributed by atoms with Crippen LogP contribution in [0, 0.1) is 11.6 Å². The Labute approximate surface area is 185 Å². The molecule has 0 aliphatic carbocycles. The van der Waals surface area contributed by atoms with Gasteiger partial charge in [-0.15, -0.1) is 0 Å². The molecule has 0 saturated carbocycles. The van der Waals surface area contributed by atoms with Gasteiger partial charge in [-0.25, -0.2) is 17.2 Å². The van der Waals surface area contributed by atoms with Gasteiger partial charge < -0.3 is 9.64 Å². The lowest BCUT2D eigenvalue weighted by molar-refractivity contribution is 0.0693. The lowest BCUT2D eigenvalue weighted by Gasteiger charge is -2.34. The van der Waals surface area contributed by atoms with Crippen LogP contribution in [0.25, 0.3) is 10.8 Å². The van der Waals surface area contributed by atoms with Gasteiger partial charge in [-0.3, -0.25) is 4.79 Å². The van der Waals surface area contributed by atoms with E-state index in [2.05, 4.69) is 0 Å². The maximum Gasteiger partial charge on any atom is 0.257 e. The largest absolute Gasteiger partial charge is 0.493 e. The van der Waals surface area contributed by atoms with Crippen LogP contribution in [0.2, 0.25) is 0 Å². The van der Waals surface area contributed by atoms with Crippen LogP contribution < -0.4 is 4.74 Å². The van der Waals surface area contributed by atoms with Crippen LogP contribution in [0.3, 0.4) is 0 Å². The molecule has 1 amide bonds. The number of hydrogen-bond acceptors (Lipinski definition) is 4. The number of fused-ring (bicyclic) bond motifs is 1. The van der Waals surface area contributed by atoms with Gasteiger partial charge in [-0.1, -0.05) is 30.3 Å². The molecular formula is C23H22F2N2O4S. The van der Waals surface area contributed by atoms with Crippen LogP contribution in [0.1, 0.15) is 17.3 Å². The van der Waals surface area contributed by atoms with E-state index in [1.54, 1.807) is 6.07 Å². The molecule has 1 saturated heterocycles. The minimum atomic E-state index is -4.36. The molecule has 0 atom stereocenters. The first kappa shape index (κ1) is 22.2. The van der Waals surface area contributed by atoms with E-state index in [0.717, 1.165) is 33.3 Å². The molecule has 3 aromatic carbocycles. The predicted molar refractivity (Wildman–Crippen MR) is 116 cm³/mol. The quantitative estimate of drug-likeness (QED) is 0.583. The van der Waals surface area contributed by atoms with Gasteiger partial charge in [0.25, 0.3) is 5.91 Å². The fourth-order valence-corrected chi connectivity index (χ4v) is 5.35. The van der Waals surface area contributed by atoms with E-state index in [4.69, 9.17) is 4.74 Å². The summed E-state index contributed by atoms with van der Waals surface area (Å²) in [5.74, 6) is -2.10. The number of carbonyl (C=O) groups is 1. The van der Waals surface area contributed by atoms with Gasteiger partial charge in [0.05, 0.1) is 12.2 Å². The number of piperazine rings is 1. The third kappa shape index (κ3) is 4.05. The molecule has 0 spiro atoms. The van der Waals surface area contributed by atoms with E-state index >= 15 is 0 Å². The minimum Gasteiger partial charge on any atom is -0.493 e. The zero-order valence-electron chi connectivity index (χ0n) is 17.4. The number of benzene rings is 3. The van der Waals surface area contributed by atoms with Gasteiger partial charge in [-0.05, 0) is 42.0 Å². The Morgan fingerprint density at radius 1 is 0.938 bits per heavy atom.